The molecule has 1 heterocycles. The Balaban J connectivity index is 0.00000264. The minimum atomic E-state index is 0. The minimum Gasteiger partial charge on any atom is -0.439 e. The van der Waals surface area contributed by atoms with Crippen molar-refractivity contribution in [1.82, 2.24) is 15.6 Å². The van der Waals surface area contributed by atoms with E-state index < -0.39 is 0 Å². The summed E-state index contributed by atoms with van der Waals surface area (Å²) in [4.78, 5) is 8.40. The summed E-state index contributed by atoms with van der Waals surface area (Å²) in [6, 6.07) is 8.16. The van der Waals surface area contributed by atoms with E-state index in [2.05, 4.69) is 39.7 Å². The van der Waals surface area contributed by atoms with Gasteiger partial charge in [-0.2, -0.15) is 0 Å². The number of nitrogens with one attached hydrogen (secondary N) is 2. The van der Waals surface area contributed by atoms with Crippen molar-refractivity contribution in [3.05, 3.63) is 41.9 Å². The van der Waals surface area contributed by atoms with Crippen molar-refractivity contribution < 1.29 is 9.15 Å². The number of aliphatic imine (C=N–C) groups is 1. The molecule has 2 rings (SSSR count). The number of halogens is 1. The molecule has 0 aliphatic rings. The summed E-state index contributed by atoms with van der Waals surface area (Å²) in [6.45, 7) is 3.84. The van der Waals surface area contributed by atoms with E-state index in [0.29, 0.717) is 31.5 Å². The molecule has 2 N–H and O–H groups in total. The number of hydrogen-bond acceptors (Lipinski definition) is 4. The molecule has 126 valence electrons. The molecule has 0 unspecified atom stereocenters. The Morgan fingerprint density at radius 3 is 2.65 bits per heavy atom. The van der Waals surface area contributed by atoms with Crippen LogP contribution in [0.5, 0.6) is 0 Å². The second-order valence-corrected chi connectivity index (χ2v) is 4.83. The number of nitrogens with zero attached hydrogens (tertiary/aromatic N) is 2. The fourth-order valence-corrected chi connectivity index (χ4v) is 1.89. The molecule has 0 spiro atoms. The maximum Gasteiger partial charge on any atom is 0.214 e. The third-order valence-corrected chi connectivity index (χ3v) is 3.12. The first-order chi connectivity index (χ1) is 10.7. The number of aromatic nitrogens is 1. The molecule has 0 fully saturated rings. The summed E-state index contributed by atoms with van der Waals surface area (Å²) in [5, 5.41) is 6.28. The molecule has 23 heavy (non-hydrogen) atoms. The molecule has 0 amide bonds. The van der Waals surface area contributed by atoms with Gasteiger partial charge >= 0.3 is 0 Å². The van der Waals surface area contributed by atoms with E-state index in [0.717, 1.165) is 11.3 Å². The van der Waals surface area contributed by atoms with Crippen molar-refractivity contribution in [2.45, 2.75) is 13.5 Å². The molecule has 7 heteroatoms. The number of ether oxygens (including phenoxy) is 1. The zero-order valence-electron chi connectivity index (χ0n) is 13.6. The van der Waals surface area contributed by atoms with Crippen LogP contribution in [0.4, 0.5) is 0 Å². The average molecular weight is 430 g/mol. The van der Waals surface area contributed by atoms with Crippen molar-refractivity contribution >= 4 is 29.9 Å². The fraction of sp³-hybridized carbons (Fsp3) is 0.375. The van der Waals surface area contributed by atoms with Gasteiger partial charge in [0.25, 0.3) is 0 Å². The Bertz CT molecular complexity index is 611. The highest BCUT2D eigenvalue weighted by molar-refractivity contribution is 14.0. The van der Waals surface area contributed by atoms with Gasteiger partial charge in [0.05, 0.1) is 19.3 Å². The van der Waals surface area contributed by atoms with Gasteiger partial charge in [-0.15, -0.1) is 24.0 Å². The standard InChI is InChI=1S/C16H22N4O2.HI/c1-12-4-6-13(7-5-12)14-10-19-15(22-14)11-20-16(17-2)18-8-9-21-3;/h4-7,10H,8-9,11H2,1-3H3,(H2,17,18,20);1H. The predicted molar refractivity (Wildman–Crippen MR) is 102 cm³/mol. The lowest BCUT2D eigenvalue weighted by Gasteiger charge is -2.09. The Kier molecular flexibility index (Phi) is 8.64. The van der Waals surface area contributed by atoms with Crippen LogP contribution in [-0.4, -0.2) is 38.3 Å². The molecule has 0 aliphatic heterocycles. The summed E-state index contributed by atoms with van der Waals surface area (Å²) in [5.74, 6) is 2.07. The molecular weight excluding hydrogens is 407 g/mol. The molecular formula is C16H23IN4O2. The second kappa shape index (κ2) is 10.2. The normalized spacial score (nSPS) is 11.0. The van der Waals surface area contributed by atoms with E-state index in [1.807, 2.05) is 12.1 Å². The van der Waals surface area contributed by atoms with Crippen LogP contribution in [0.25, 0.3) is 11.3 Å². The molecule has 0 radical (unpaired) electrons. The largest absolute Gasteiger partial charge is 0.439 e. The zero-order valence-corrected chi connectivity index (χ0v) is 16.0. The summed E-state index contributed by atoms with van der Waals surface area (Å²) >= 11 is 0. The van der Waals surface area contributed by atoms with Crippen LogP contribution < -0.4 is 10.6 Å². The van der Waals surface area contributed by atoms with Gasteiger partial charge in [-0.05, 0) is 6.92 Å². The van der Waals surface area contributed by atoms with Crippen molar-refractivity contribution in [1.29, 1.82) is 0 Å². The summed E-state index contributed by atoms with van der Waals surface area (Å²) in [5.41, 5.74) is 2.24. The highest BCUT2D eigenvalue weighted by Gasteiger charge is 2.07. The lowest BCUT2D eigenvalue weighted by atomic mass is 10.1. The molecule has 6 nitrogen and oxygen atoms in total. The highest BCUT2D eigenvalue weighted by atomic mass is 127. The lowest BCUT2D eigenvalue weighted by Crippen LogP contribution is -2.38. The SMILES string of the molecule is CN=C(NCCOC)NCc1ncc(-c2ccc(C)cc2)o1.I. The van der Waals surface area contributed by atoms with Crippen LogP contribution in [0.1, 0.15) is 11.5 Å². The number of oxazole rings is 1. The number of rotatable bonds is 6. The minimum absolute atomic E-state index is 0. The van der Waals surface area contributed by atoms with Gasteiger partial charge in [-0.3, -0.25) is 4.99 Å². The maximum atomic E-state index is 5.75. The Labute approximate surface area is 153 Å². The Morgan fingerprint density at radius 1 is 1.26 bits per heavy atom. The van der Waals surface area contributed by atoms with Crippen LogP contribution in [0, 0.1) is 6.92 Å². The summed E-state index contributed by atoms with van der Waals surface area (Å²) < 4.78 is 10.7. The number of benzene rings is 1. The fourth-order valence-electron chi connectivity index (χ4n) is 1.89. The molecule has 0 saturated carbocycles. The van der Waals surface area contributed by atoms with Crippen molar-refractivity contribution in [3.63, 3.8) is 0 Å². The van der Waals surface area contributed by atoms with Gasteiger partial charge in [0.1, 0.15) is 0 Å². The van der Waals surface area contributed by atoms with E-state index in [9.17, 15) is 0 Å². The van der Waals surface area contributed by atoms with Gasteiger partial charge < -0.3 is 19.8 Å². The van der Waals surface area contributed by atoms with Crippen molar-refractivity contribution in [3.8, 4) is 11.3 Å². The Hall–Kier alpha value is -1.61. The lowest BCUT2D eigenvalue weighted by molar-refractivity contribution is 0.203. The predicted octanol–water partition coefficient (Wildman–Crippen LogP) is 2.58. The average Bonchev–Trinajstić information content (AvgIpc) is 3.00. The first kappa shape index (κ1) is 19.4. The van der Waals surface area contributed by atoms with Crippen LogP contribution in [0.2, 0.25) is 0 Å². The molecule has 0 bridgehead atoms. The smallest absolute Gasteiger partial charge is 0.214 e. The van der Waals surface area contributed by atoms with Gasteiger partial charge in [0.2, 0.25) is 5.89 Å². The third-order valence-electron chi connectivity index (χ3n) is 3.12. The van der Waals surface area contributed by atoms with Crippen LogP contribution in [0.3, 0.4) is 0 Å². The first-order valence-electron chi connectivity index (χ1n) is 7.18. The van der Waals surface area contributed by atoms with Crippen LogP contribution >= 0.6 is 24.0 Å². The molecule has 1 aromatic carbocycles. The van der Waals surface area contributed by atoms with E-state index in [1.54, 1.807) is 20.4 Å². The Morgan fingerprint density at radius 2 is 2.00 bits per heavy atom. The highest BCUT2D eigenvalue weighted by Crippen LogP contribution is 2.20. The number of methoxy groups -OCH3 is 1. The zero-order chi connectivity index (χ0) is 15.8. The number of guanidine groups is 1. The second-order valence-electron chi connectivity index (χ2n) is 4.83. The molecule has 0 saturated heterocycles. The summed E-state index contributed by atoms with van der Waals surface area (Å²) in [6.07, 6.45) is 1.74. The van der Waals surface area contributed by atoms with E-state index in [-0.39, 0.29) is 24.0 Å². The summed E-state index contributed by atoms with van der Waals surface area (Å²) in [7, 11) is 3.38. The number of aryl methyl sites for hydroxylation is 1. The van der Waals surface area contributed by atoms with Crippen molar-refractivity contribution in [2.24, 2.45) is 4.99 Å². The quantitative estimate of drug-likeness (QED) is 0.319. The molecule has 1 aromatic heterocycles. The first-order valence-corrected chi connectivity index (χ1v) is 7.18. The maximum absolute atomic E-state index is 5.75. The van der Waals surface area contributed by atoms with E-state index in [1.165, 1.54) is 5.56 Å². The van der Waals surface area contributed by atoms with Gasteiger partial charge in [-0.25, -0.2) is 4.98 Å². The molecule has 0 aliphatic carbocycles. The van der Waals surface area contributed by atoms with Crippen LogP contribution in [-0.2, 0) is 11.3 Å². The van der Waals surface area contributed by atoms with Gasteiger partial charge in [0, 0.05) is 26.3 Å². The number of hydrogen-bond donors (Lipinski definition) is 2. The van der Waals surface area contributed by atoms with Gasteiger partial charge in [0.15, 0.2) is 11.7 Å². The molecule has 0 atom stereocenters. The van der Waals surface area contributed by atoms with Crippen LogP contribution in [0.15, 0.2) is 39.9 Å². The molecule has 2 aromatic rings. The third kappa shape index (κ3) is 6.19. The van der Waals surface area contributed by atoms with Gasteiger partial charge in [-0.1, -0.05) is 29.8 Å². The van der Waals surface area contributed by atoms with E-state index in [4.69, 9.17) is 9.15 Å². The van der Waals surface area contributed by atoms with E-state index >= 15 is 0 Å². The topological polar surface area (TPSA) is 71.7 Å². The monoisotopic (exact) mass is 430 g/mol. The van der Waals surface area contributed by atoms with Crippen molar-refractivity contribution in [2.75, 3.05) is 27.3 Å².